The molecule has 98 valence electrons. The quantitative estimate of drug-likeness (QED) is 0.853. The third-order valence-corrected chi connectivity index (χ3v) is 3.58. The zero-order valence-electron chi connectivity index (χ0n) is 10.5. The minimum atomic E-state index is -0.0646. The first-order chi connectivity index (χ1) is 8.59. The standard InChI is InChI=1S/C11H16N4O2S/c1-7(2)9-10(18-14-13-9)11(17)15-5-3-8(16)12-4-6-15/h7H,3-6H2,1-2H3,(H,12,16). The maximum absolute atomic E-state index is 12.4. The molecule has 0 spiro atoms. The van der Waals surface area contributed by atoms with E-state index in [9.17, 15) is 9.59 Å². The molecule has 1 aliphatic heterocycles. The monoisotopic (exact) mass is 268 g/mol. The Bertz CT molecular complexity index is 458. The zero-order valence-corrected chi connectivity index (χ0v) is 11.3. The Kier molecular flexibility index (Phi) is 3.90. The van der Waals surface area contributed by atoms with Crippen LogP contribution in [0, 0.1) is 0 Å². The number of nitrogens with one attached hydrogen (secondary N) is 1. The highest BCUT2D eigenvalue weighted by Crippen LogP contribution is 2.21. The molecule has 1 aliphatic rings. The summed E-state index contributed by atoms with van der Waals surface area (Å²) in [6.07, 6.45) is 0.356. The van der Waals surface area contributed by atoms with Crippen LogP contribution in [-0.2, 0) is 4.79 Å². The van der Waals surface area contributed by atoms with Crippen molar-refractivity contribution in [2.45, 2.75) is 26.2 Å². The smallest absolute Gasteiger partial charge is 0.267 e. The second-order valence-corrected chi connectivity index (χ2v) is 5.29. The lowest BCUT2D eigenvalue weighted by molar-refractivity contribution is -0.120. The Labute approximate surface area is 110 Å². The van der Waals surface area contributed by atoms with E-state index in [0.717, 1.165) is 17.2 Å². The van der Waals surface area contributed by atoms with Crippen molar-refractivity contribution < 1.29 is 9.59 Å². The van der Waals surface area contributed by atoms with Crippen molar-refractivity contribution >= 4 is 23.3 Å². The van der Waals surface area contributed by atoms with Crippen molar-refractivity contribution in [3.63, 3.8) is 0 Å². The van der Waals surface area contributed by atoms with Crippen LogP contribution in [0.2, 0.25) is 0 Å². The number of carbonyl (C=O) groups excluding carboxylic acids is 2. The van der Waals surface area contributed by atoms with Crippen LogP contribution >= 0.6 is 11.5 Å². The van der Waals surface area contributed by atoms with Crippen molar-refractivity contribution in [1.82, 2.24) is 19.8 Å². The topological polar surface area (TPSA) is 75.2 Å². The summed E-state index contributed by atoms with van der Waals surface area (Å²) in [5.74, 6) is 0.108. The molecular formula is C11H16N4O2S. The van der Waals surface area contributed by atoms with Crippen LogP contribution in [0.3, 0.4) is 0 Å². The highest BCUT2D eigenvalue weighted by atomic mass is 32.1. The van der Waals surface area contributed by atoms with Crippen molar-refractivity contribution in [2.24, 2.45) is 0 Å². The van der Waals surface area contributed by atoms with Crippen molar-refractivity contribution in [3.8, 4) is 0 Å². The fourth-order valence-electron chi connectivity index (χ4n) is 1.84. The summed E-state index contributed by atoms with van der Waals surface area (Å²) in [7, 11) is 0. The van der Waals surface area contributed by atoms with E-state index in [1.165, 1.54) is 0 Å². The van der Waals surface area contributed by atoms with Crippen LogP contribution in [0.25, 0.3) is 0 Å². The summed E-state index contributed by atoms with van der Waals surface area (Å²) in [4.78, 5) is 25.9. The number of carbonyl (C=O) groups is 2. The van der Waals surface area contributed by atoms with Crippen LogP contribution in [0.15, 0.2) is 0 Å². The number of aromatic nitrogens is 2. The average molecular weight is 268 g/mol. The second-order valence-electron chi connectivity index (χ2n) is 4.53. The molecule has 1 aromatic rings. The molecule has 1 aromatic heterocycles. The van der Waals surface area contributed by atoms with Gasteiger partial charge in [0.2, 0.25) is 5.91 Å². The first-order valence-corrected chi connectivity index (χ1v) is 6.75. The first kappa shape index (κ1) is 12.9. The van der Waals surface area contributed by atoms with E-state index in [1.54, 1.807) is 4.90 Å². The number of amides is 2. The molecule has 1 fully saturated rings. The van der Waals surface area contributed by atoms with E-state index in [-0.39, 0.29) is 17.7 Å². The van der Waals surface area contributed by atoms with Gasteiger partial charge in [0, 0.05) is 26.1 Å². The van der Waals surface area contributed by atoms with E-state index in [0.29, 0.717) is 30.9 Å². The summed E-state index contributed by atoms with van der Waals surface area (Å²) >= 11 is 1.13. The van der Waals surface area contributed by atoms with Gasteiger partial charge in [-0.2, -0.15) is 0 Å². The number of hydrogen-bond acceptors (Lipinski definition) is 5. The molecule has 2 amide bonds. The minimum absolute atomic E-state index is 0.00295. The predicted octanol–water partition coefficient (Wildman–Crippen LogP) is 0.624. The second kappa shape index (κ2) is 5.43. The molecule has 7 heteroatoms. The maximum Gasteiger partial charge on any atom is 0.267 e. The Morgan fingerprint density at radius 3 is 2.94 bits per heavy atom. The lowest BCUT2D eigenvalue weighted by Gasteiger charge is -2.19. The summed E-state index contributed by atoms with van der Waals surface area (Å²) in [6.45, 7) is 5.48. The summed E-state index contributed by atoms with van der Waals surface area (Å²) in [5, 5.41) is 6.76. The normalized spacial score (nSPS) is 16.6. The van der Waals surface area contributed by atoms with Gasteiger partial charge in [0.25, 0.3) is 5.91 Å². The first-order valence-electron chi connectivity index (χ1n) is 5.98. The Morgan fingerprint density at radius 2 is 2.22 bits per heavy atom. The molecule has 1 saturated heterocycles. The van der Waals surface area contributed by atoms with Crippen LogP contribution in [-0.4, -0.2) is 45.9 Å². The van der Waals surface area contributed by atoms with Crippen molar-refractivity contribution in [2.75, 3.05) is 19.6 Å². The summed E-state index contributed by atoms with van der Waals surface area (Å²) in [6, 6.07) is 0. The molecule has 2 rings (SSSR count). The zero-order chi connectivity index (χ0) is 13.1. The Balaban J connectivity index is 2.15. The maximum atomic E-state index is 12.4. The van der Waals surface area contributed by atoms with Crippen molar-refractivity contribution in [3.05, 3.63) is 10.6 Å². The third kappa shape index (κ3) is 2.66. The molecule has 0 aliphatic carbocycles. The molecule has 2 heterocycles. The molecule has 0 atom stereocenters. The molecule has 18 heavy (non-hydrogen) atoms. The van der Waals surface area contributed by atoms with E-state index in [2.05, 4.69) is 14.9 Å². The van der Waals surface area contributed by atoms with Gasteiger partial charge in [0.15, 0.2) is 0 Å². The minimum Gasteiger partial charge on any atom is -0.354 e. The molecule has 0 saturated carbocycles. The van der Waals surface area contributed by atoms with Gasteiger partial charge >= 0.3 is 0 Å². The highest BCUT2D eigenvalue weighted by Gasteiger charge is 2.25. The molecule has 0 aromatic carbocycles. The molecule has 1 N–H and O–H groups in total. The molecule has 0 bridgehead atoms. The summed E-state index contributed by atoms with van der Waals surface area (Å²) in [5.41, 5.74) is 0.744. The lowest BCUT2D eigenvalue weighted by atomic mass is 10.1. The van der Waals surface area contributed by atoms with Crippen molar-refractivity contribution in [1.29, 1.82) is 0 Å². The molecule has 0 unspecified atom stereocenters. The van der Waals surface area contributed by atoms with E-state index in [1.807, 2.05) is 13.8 Å². The van der Waals surface area contributed by atoms with Gasteiger partial charge < -0.3 is 10.2 Å². The summed E-state index contributed by atoms with van der Waals surface area (Å²) < 4.78 is 3.86. The molecule has 6 nitrogen and oxygen atoms in total. The van der Waals surface area contributed by atoms with Crippen LogP contribution < -0.4 is 5.32 Å². The van der Waals surface area contributed by atoms with Gasteiger partial charge in [-0.25, -0.2) is 0 Å². The lowest BCUT2D eigenvalue weighted by Crippen LogP contribution is -2.34. The Morgan fingerprint density at radius 1 is 1.44 bits per heavy atom. The van der Waals surface area contributed by atoms with E-state index >= 15 is 0 Å². The van der Waals surface area contributed by atoms with Crippen LogP contribution in [0.1, 0.15) is 41.6 Å². The van der Waals surface area contributed by atoms with Gasteiger partial charge in [0.1, 0.15) is 4.88 Å². The molecular weight excluding hydrogens is 252 g/mol. The van der Waals surface area contributed by atoms with E-state index in [4.69, 9.17) is 0 Å². The highest BCUT2D eigenvalue weighted by molar-refractivity contribution is 7.08. The number of nitrogens with zero attached hydrogens (tertiary/aromatic N) is 3. The third-order valence-electron chi connectivity index (χ3n) is 2.85. The average Bonchev–Trinajstić information content (AvgIpc) is 2.72. The van der Waals surface area contributed by atoms with Gasteiger partial charge in [-0.05, 0) is 17.5 Å². The fourth-order valence-corrected chi connectivity index (χ4v) is 2.63. The Hall–Kier alpha value is -1.50. The van der Waals surface area contributed by atoms with Crippen LogP contribution in [0.4, 0.5) is 0 Å². The molecule has 0 radical (unpaired) electrons. The number of hydrogen-bond donors (Lipinski definition) is 1. The van der Waals surface area contributed by atoms with E-state index < -0.39 is 0 Å². The van der Waals surface area contributed by atoms with Gasteiger partial charge in [-0.1, -0.05) is 18.3 Å². The van der Waals surface area contributed by atoms with Gasteiger partial charge in [0.05, 0.1) is 5.69 Å². The number of rotatable bonds is 2. The van der Waals surface area contributed by atoms with Gasteiger partial charge in [-0.3, -0.25) is 9.59 Å². The fraction of sp³-hybridized carbons (Fsp3) is 0.636. The SMILES string of the molecule is CC(C)c1nnsc1C(=O)N1CCNC(=O)CC1. The van der Waals surface area contributed by atoms with Crippen LogP contribution in [0.5, 0.6) is 0 Å². The van der Waals surface area contributed by atoms with Gasteiger partial charge in [-0.15, -0.1) is 5.10 Å². The predicted molar refractivity (Wildman–Crippen MR) is 67.5 cm³/mol. The largest absolute Gasteiger partial charge is 0.354 e.